The smallest absolute Gasteiger partial charge is 0.227 e. The van der Waals surface area contributed by atoms with Gasteiger partial charge < -0.3 is 10.1 Å². The van der Waals surface area contributed by atoms with Crippen LogP contribution in [0.1, 0.15) is 43.9 Å². The SMILES string of the molecule is CC(C)(C)c1cccc(NC(=O)C2CCc3ccc(Oc4ccnc(-c5nnn[nH]5)c4)cc3C2)c1. The molecule has 0 saturated heterocycles. The first-order valence-corrected chi connectivity index (χ1v) is 11.8. The Morgan fingerprint density at radius 2 is 1.91 bits per heavy atom. The Morgan fingerprint density at radius 3 is 2.71 bits per heavy atom. The molecule has 4 aromatic rings. The molecule has 1 unspecified atom stereocenters. The number of aryl methyl sites for hydroxylation is 1. The maximum absolute atomic E-state index is 13.1. The minimum Gasteiger partial charge on any atom is -0.457 e. The molecule has 1 atom stereocenters. The average molecular weight is 469 g/mol. The number of ether oxygens (including phenoxy) is 1. The fraction of sp³-hybridized carbons (Fsp3) is 0.296. The van der Waals surface area contributed by atoms with Gasteiger partial charge in [0.15, 0.2) is 5.82 Å². The van der Waals surface area contributed by atoms with Crippen molar-refractivity contribution in [3.05, 3.63) is 77.5 Å². The summed E-state index contributed by atoms with van der Waals surface area (Å²) in [5.41, 5.74) is 5.08. The molecule has 0 radical (unpaired) electrons. The summed E-state index contributed by atoms with van der Waals surface area (Å²) in [6.07, 6.45) is 4.04. The molecule has 1 aliphatic carbocycles. The molecule has 0 aliphatic heterocycles. The van der Waals surface area contributed by atoms with Crippen LogP contribution in [0.25, 0.3) is 11.5 Å². The number of aromatic nitrogens is 5. The summed E-state index contributed by atoms with van der Waals surface area (Å²) in [5.74, 6) is 1.81. The molecule has 2 N–H and O–H groups in total. The largest absolute Gasteiger partial charge is 0.457 e. The number of amides is 1. The second-order valence-electron chi connectivity index (χ2n) is 9.92. The van der Waals surface area contributed by atoms with E-state index in [9.17, 15) is 4.79 Å². The summed E-state index contributed by atoms with van der Waals surface area (Å²) < 4.78 is 6.10. The number of nitrogens with one attached hydrogen (secondary N) is 2. The van der Waals surface area contributed by atoms with Crippen LogP contribution in [-0.4, -0.2) is 31.5 Å². The predicted octanol–water partition coefficient (Wildman–Crippen LogP) is 5.10. The van der Waals surface area contributed by atoms with Crippen molar-refractivity contribution >= 4 is 11.6 Å². The Kier molecular flexibility index (Phi) is 6.03. The number of hydrogen-bond donors (Lipinski definition) is 2. The third kappa shape index (κ3) is 5.21. The Morgan fingerprint density at radius 1 is 1.06 bits per heavy atom. The topological polar surface area (TPSA) is 106 Å². The molecule has 0 fully saturated rings. The molecule has 8 nitrogen and oxygen atoms in total. The molecule has 1 amide bonds. The normalized spacial score (nSPS) is 15.3. The highest BCUT2D eigenvalue weighted by molar-refractivity contribution is 5.93. The van der Waals surface area contributed by atoms with Gasteiger partial charge in [-0.15, -0.1) is 5.10 Å². The number of anilines is 1. The second kappa shape index (κ2) is 9.29. The lowest BCUT2D eigenvalue weighted by Gasteiger charge is -2.25. The molecule has 2 aromatic carbocycles. The number of tetrazole rings is 1. The fourth-order valence-electron chi connectivity index (χ4n) is 4.34. The van der Waals surface area contributed by atoms with Crippen LogP contribution in [0.3, 0.4) is 0 Å². The van der Waals surface area contributed by atoms with E-state index in [1.54, 1.807) is 18.3 Å². The fourth-order valence-corrected chi connectivity index (χ4v) is 4.34. The number of nitrogens with zero attached hydrogens (tertiary/aromatic N) is 4. The van der Waals surface area contributed by atoms with Crippen LogP contribution >= 0.6 is 0 Å². The van der Waals surface area contributed by atoms with Crippen molar-refractivity contribution in [1.29, 1.82) is 0 Å². The molecule has 2 heterocycles. The van der Waals surface area contributed by atoms with Crippen molar-refractivity contribution in [1.82, 2.24) is 25.6 Å². The Bertz CT molecular complexity index is 1340. The van der Waals surface area contributed by atoms with E-state index in [1.807, 2.05) is 24.3 Å². The Labute approximate surface area is 204 Å². The van der Waals surface area contributed by atoms with Gasteiger partial charge in [0.25, 0.3) is 0 Å². The summed E-state index contributed by atoms with van der Waals surface area (Å²) in [6.45, 7) is 6.51. The van der Waals surface area contributed by atoms with Crippen molar-refractivity contribution in [2.24, 2.45) is 5.92 Å². The zero-order chi connectivity index (χ0) is 24.4. The third-order valence-corrected chi connectivity index (χ3v) is 6.33. The molecule has 2 aromatic heterocycles. The van der Waals surface area contributed by atoms with Crippen LogP contribution < -0.4 is 10.1 Å². The standard InChI is InChI=1S/C27H28N6O2/c1-27(2,3)20-5-4-6-21(15-20)29-26(34)18-8-7-17-9-10-22(14-19(17)13-18)35-23-11-12-28-24(16-23)25-30-32-33-31-25/h4-6,9-12,14-16,18H,7-8,13H2,1-3H3,(H,29,34)(H,30,31,32,33). The number of fused-ring (bicyclic) bond motifs is 1. The number of pyridine rings is 1. The first kappa shape index (κ1) is 22.7. The molecule has 5 rings (SSSR count). The van der Waals surface area contributed by atoms with Gasteiger partial charge >= 0.3 is 0 Å². The van der Waals surface area contributed by atoms with Crippen LogP contribution in [0.2, 0.25) is 0 Å². The molecule has 35 heavy (non-hydrogen) atoms. The molecule has 178 valence electrons. The van der Waals surface area contributed by atoms with E-state index in [-0.39, 0.29) is 17.2 Å². The molecule has 0 spiro atoms. The van der Waals surface area contributed by atoms with E-state index < -0.39 is 0 Å². The summed E-state index contributed by atoms with van der Waals surface area (Å²) in [6, 6.07) is 17.8. The van der Waals surface area contributed by atoms with Gasteiger partial charge in [0.05, 0.1) is 0 Å². The highest BCUT2D eigenvalue weighted by atomic mass is 16.5. The van der Waals surface area contributed by atoms with E-state index in [2.05, 4.69) is 69.9 Å². The molecule has 8 heteroatoms. The minimum atomic E-state index is -0.0810. The van der Waals surface area contributed by atoms with Gasteiger partial charge in [0.1, 0.15) is 17.2 Å². The van der Waals surface area contributed by atoms with Gasteiger partial charge in [-0.2, -0.15) is 0 Å². The summed E-state index contributed by atoms with van der Waals surface area (Å²) in [4.78, 5) is 17.4. The molecular weight excluding hydrogens is 440 g/mol. The zero-order valence-electron chi connectivity index (χ0n) is 20.1. The van der Waals surface area contributed by atoms with Gasteiger partial charge in [0.2, 0.25) is 5.91 Å². The Balaban J connectivity index is 1.28. The van der Waals surface area contributed by atoms with Crippen molar-refractivity contribution in [2.75, 3.05) is 5.32 Å². The first-order valence-electron chi connectivity index (χ1n) is 11.8. The lowest BCUT2D eigenvalue weighted by Crippen LogP contribution is -2.28. The quantitative estimate of drug-likeness (QED) is 0.422. The first-order chi connectivity index (χ1) is 16.8. The maximum atomic E-state index is 13.1. The van der Waals surface area contributed by atoms with E-state index >= 15 is 0 Å². The number of H-pyrrole nitrogens is 1. The van der Waals surface area contributed by atoms with Crippen LogP contribution in [0.4, 0.5) is 5.69 Å². The van der Waals surface area contributed by atoms with Gasteiger partial charge in [-0.25, -0.2) is 5.10 Å². The lowest BCUT2D eigenvalue weighted by atomic mass is 9.83. The van der Waals surface area contributed by atoms with Gasteiger partial charge in [0, 0.05) is 23.9 Å². The highest BCUT2D eigenvalue weighted by Crippen LogP contribution is 2.32. The minimum absolute atomic E-state index is 0.0300. The van der Waals surface area contributed by atoms with E-state index in [4.69, 9.17) is 4.74 Å². The van der Waals surface area contributed by atoms with Gasteiger partial charge in [-0.1, -0.05) is 39.0 Å². The summed E-state index contributed by atoms with van der Waals surface area (Å²) >= 11 is 0. The van der Waals surface area contributed by atoms with Crippen LogP contribution in [0, 0.1) is 5.92 Å². The van der Waals surface area contributed by atoms with Crippen molar-refractivity contribution in [3.63, 3.8) is 0 Å². The van der Waals surface area contributed by atoms with Gasteiger partial charge in [-0.05, 0) is 82.1 Å². The molecular formula is C27H28N6O2. The maximum Gasteiger partial charge on any atom is 0.227 e. The highest BCUT2D eigenvalue weighted by Gasteiger charge is 2.25. The molecule has 0 bridgehead atoms. The monoisotopic (exact) mass is 468 g/mol. The van der Waals surface area contributed by atoms with Crippen molar-refractivity contribution < 1.29 is 9.53 Å². The van der Waals surface area contributed by atoms with Crippen LogP contribution in [0.15, 0.2) is 60.8 Å². The van der Waals surface area contributed by atoms with E-state index in [0.717, 1.165) is 29.8 Å². The van der Waals surface area contributed by atoms with Crippen molar-refractivity contribution in [2.45, 2.75) is 45.4 Å². The van der Waals surface area contributed by atoms with Gasteiger partial charge in [-0.3, -0.25) is 9.78 Å². The van der Waals surface area contributed by atoms with Crippen molar-refractivity contribution in [3.8, 4) is 23.0 Å². The predicted molar refractivity (Wildman–Crippen MR) is 133 cm³/mol. The van der Waals surface area contributed by atoms with E-state index in [1.165, 1.54) is 11.1 Å². The Hall–Kier alpha value is -4.07. The van der Waals surface area contributed by atoms with Crippen LogP contribution in [-0.2, 0) is 23.1 Å². The number of benzene rings is 2. The van der Waals surface area contributed by atoms with E-state index in [0.29, 0.717) is 23.7 Å². The number of rotatable bonds is 5. The lowest BCUT2D eigenvalue weighted by molar-refractivity contribution is -0.120. The number of carbonyl (C=O) groups is 1. The number of hydrogen-bond acceptors (Lipinski definition) is 6. The summed E-state index contributed by atoms with van der Waals surface area (Å²) in [7, 11) is 0. The third-order valence-electron chi connectivity index (χ3n) is 6.33. The zero-order valence-corrected chi connectivity index (χ0v) is 20.1. The number of aromatic amines is 1. The number of carbonyl (C=O) groups excluding carboxylic acids is 1. The summed E-state index contributed by atoms with van der Waals surface area (Å²) in [5, 5.41) is 16.9. The molecule has 0 saturated carbocycles. The molecule has 1 aliphatic rings. The second-order valence-corrected chi connectivity index (χ2v) is 9.92. The average Bonchev–Trinajstić information content (AvgIpc) is 3.39. The van der Waals surface area contributed by atoms with Crippen LogP contribution in [0.5, 0.6) is 11.5 Å².